The SMILES string of the molecule is C[C@H](C(=O)Nc1ccc(F)c(F)c1F)[NH+]1CCN(S(=O)(=O)c2ccc3ccccc3c2)CC1. The van der Waals surface area contributed by atoms with Crippen molar-refractivity contribution in [3.05, 3.63) is 72.0 Å². The van der Waals surface area contributed by atoms with Crippen LogP contribution in [0.25, 0.3) is 10.8 Å². The van der Waals surface area contributed by atoms with E-state index in [0.29, 0.717) is 13.1 Å². The fourth-order valence-corrected chi connectivity index (χ4v) is 5.45. The lowest BCUT2D eigenvalue weighted by molar-refractivity contribution is -0.917. The summed E-state index contributed by atoms with van der Waals surface area (Å²) in [6.45, 7) is 2.77. The van der Waals surface area contributed by atoms with Crippen molar-refractivity contribution in [2.75, 3.05) is 31.5 Å². The number of anilines is 1. The number of nitrogens with one attached hydrogen (secondary N) is 2. The number of halogens is 3. The van der Waals surface area contributed by atoms with E-state index < -0.39 is 45.1 Å². The van der Waals surface area contributed by atoms with Crippen LogP contribution >= 0.6 is 0 Å². The van der Waals surface area contributed by atoms with Gasteiger partial charge in [-0.1, -0.05) is 30.3 Å². The maximum absolute atomic E-state index is 13.9. The fraction of sp³-hybridized carbons (Fsp3) is 0.261. The van der Waals surface area contributed by atoms with Gasteiger partial charge in [0.2, 0.25) is 10.0 Å². The van der Waals surface area contributed by atoms with Gasteiger partial charge in [-0.25, -0.2) is 21.6 Å². The van der Waals surface area contributed by atoms with Gasteiger partial charge < -0.3 is 10.2 Å². The summed E-state index contributed by atoms with van der Waals surface area (Å²) >= 11 is 0. The first-order chi connectivity index (χ1) is 15.7. The topological polar surface area (TPSA) is 70.9 Å². The minimum atomic E-state index is -3.69. The third-order valence-corrected chi connectivity index (χ3v) is 7.92. The molecule has 0 saturated carbocycles. The van der Waals surface area contributed by atoms with E-state index in [1.165, 1.54) is 4.31 Å². The Morgan fingerprint density at radius 3 is 2.33 bits per heavy atom. The first kappa shape index (κ1) is 23.2. The maximum atomic E-state index is 13.9. The van der Waals surface area contributed by atoms with Gasteiger partial charge in [0.1, 0.15) is 0 Å². The average molecular weight is 479 g/mol. The summed E-state index contributed by atoms with van der Waals surface area (Å²) in [6.07, 6.45) is 0. The third-order valence-electron chi connectivity index (χ3n) is 6.02. The van der Waals surface area contributed by atoms with Crippen LogP contribution in [0.4, 0.5) is 18.9 Å². The van der Waals surface area contributed by atoms with Crippen molar-refractivity contribution in [2.45, 2.75) is 17.9 Å². The second-order valence-electron chi connectivity index (χ2n) is 8.01. The standard InChI is InChI=1S/C23H22F3N3O3S/c1-15(23(30)27-20-9-8-19(24)21(25)22(20)26)28-10-12-29(13-11-28)33(31,32)18-7-6-16-4-2-3-5-17(16)14-18/h2-9,14-15H,10-13H2,1H3,(H,27,30)/p+1/t15-/m1/s1. The molecule has 0 bridgehead atoms. The van der Waals surface area contributed by atoms with Gasteiger partial charge in [-0.2, -0.15) is 4.31 Å². The maximum Gasteiger partial charge on any atom is 0.282 e. The van der Waals surface area contributed by atoms with E-state index in [2.05, 4.69) is 5.32 Å². The summed E-state index contributed by atoms with van der Waals surface area (Å²) in [4.78, 5) is 13.6. The Bertz CT molecular complexity index is 1310. The van der Waals surface area contributed by atoms with Crippen molar-refractivity contribution in [1.82, 2.24) is 4.31 Å². The van der Waals surface area contributed by atoms with E-state index >= 15 is 0 Å². The van der Waals surface area contributed by atoms with Gasteiger partial charge in [0.05, 0.1) is 36.8 Å². The number of hydrogen-bond donors (Lipinski definition) is 2. The summed E-state index contributed by atoms with van der Waals surface area (Å²) < 4.78 is 68.0. The number of carbonyl (C=O) groups excluding carboxylic acids is 1. The molecule has 1 aliphatic heterocycles. The van der Waals surface area contributed by atoms with Crippen LogP contribution in [0.15, 0.2) is 59.5 Å². The lowest BCUT2D eigenvalue weighted by Crippen LogP contribution is -3.19. The Kier molecular flexibility index (Phi) is 6.42. The van der Waals surface area contributed by atoms with E-state index in [-0.39, 0.29) is 18.0 Å². The molecule has 0 aromatic heterocycles. The molecule has 1 saturated heterocycles. The number of sulfonamides is 1. The van der Waals surface area contributed by atoms with E-state index in [0.717, 1.165) is 27.8 Å². The lowest BCUT2D eigenvalue weighted by Gasteiger charge is -2.34. The number of amides is 1. The lowest BCUT2D eigenvalue weighted by atomic mass is 10.1. The highest BCUT2D eigenvalue weighted by Crippen LogP contribution is 2.22. The molecule has 3 aromatic rings. The number of piperazine rings is 1. The molecule has 1 heterocycles. The predicted molar refractivity (Wildman–Crippen MR) is 118 cm³/mol. The highest BCUT2D eigenvalue weighted by Gasteiger charge is 2.35. The Morgan fingerprint density at radius 1 is 0.970 bits per heavy atom. The van der Waals surface area contributed by atoms with Crippen molar-refractivity contribution < 1.29 is 31.3 Å². The second-order valence-corrected chi connectivity index (χ2v) is 9.94. The Labute approximate surface area is 189 Å². The average Bonchev–Trinajstić information content (AvgIpc) is 2.83. The molecule has 10 heteroatoms. The van der Waals surface area contributed by atoms with Crippen LogP contribution in [0.1, 0.15) is 6.92 Å². The molecule has 1 fully saturated rings. The molecule has 0 aliphatic carbocycles. The largest absolute Gasteiger partial charge is 0.323 e. The quantitative estimate of drug-likeness (QED) is 0.553. The summed E-state index contributed by atoms with van der Waals surface area (Å²) in [6, 6.07) is 13.6. The Balaban J connectivity index is 1.41. The van der Waals surface area contributed by atoms with Crippen LogP contribution in [0.3, 0.4) is 0 Å². The highest BCUT2D eigenvalue weighted by molar-refractivity contribution is 7.89. The molecular formula is C23H23F3N3O3S+. The molecule has 174 valence electrons. The van der Waals surface area contributed by atoms with E-state index in [1.807, 2.05) is 24.3 Å². The van der Waals surface area contributed by atoms with Crippen LogP contribution in [0, 0.1) is 17.5 Å². The van der Waals surface area contributed by atoms with Crippen molar-refractivity contribution in [1.29, 1.82) is 0 Å². The van der Waals surface area contributed by atoms with Crippen LogP contribution in [0.5, 0.6) is 0 Å². The monoisotopic (exact) mass is 478 g/mol. The number of carbonyl (C=O) groups is 1. The highest BCUT2D eigenvalue weighted by atomic mass is 32.2. The molecule has 0 unspecified atom stereocenters. The van der Waals surface area contributed by atoms with Crippen molar-refractivity contribution in [2.24, 2.45) is 0 Å². The first-order valence-electron chi connectivity index (χ1n) is 10.5. The molecule has 3 aromatic carbocycles. The predicted octanol–water partition coefficient (Wildman–Crippen LogP) is 2.17. The minimum Gasteiger partial charge on any atom is -0.323 e. The van der Waals surface area contributed by atoms with Crippen LogP contribution in [-0.4, -0.2) is 50.9 Å². The molecule has 4 rings (SSSR count). The van der Waals surface area contributed by atoms with Crippen molar-refractivity contribution in [3.63, 3.8) is 0 Å². The number of rotatable bonds is 5. The van der Waals surface area contributed by atoms with Gasteiger partial charge in [0, 0.05) is 0 Å². The first-order valence-corrected chi connectivity index (χ1v) is 11.9. The molecule has 1 atom stereocenters. The molecule has 6 nitrogen and oxygen atoms in total. The van der Waals surface area contributed by atoms with Crippen LogP contribution in [0.2, 0.25) is 0 Å². The molecule has 0 spiro atoms. The number of quaternary nitrogens is 1. The zero-order valence-electron chi connectivity index (χ0n) is 17.8. The Hall–Kier alpha value is -2.95. The van der Waals surface area contributed by atoms with Gasteiger partial charge in [-0.15, -0.1) is 0 Å². The molecule has 0 radical (unpaired) electrons. The molecule has 1 aliphatic rings. The second kappa shape index (κ2) is 9.12. The summed E-state index contributed by atoms with van der Waals surface area (Å²) in [7, 11) is -3.69. The number of hydrogen-bond acceptors (Lipinski definition) is 3. The van der Waals surface area contributed by atoms with Gasteiger partial charge in [-0.3, -0.25) is 4.79 Å². The summed E-state index contributed by atoms with van der Waals surface area (Å²) in [5.74, 6) is -5.02. The molecular weight excluding hydrogens is 455 g/mol. The summed E-state index contributed by atoms with van der Waals surface area (Å²) in [5.41, 5.74) is -0.442. The summed E-state index contributed by atoms with van der Waals surface area (Å²) in [5, 5.41) is 4.06. The van der Waals surface area contributed by atoms with E-state index in [9.17, 15) is 26.4 Å². The molecule has 2 N–H and O–H groups in total. The van der Waals surface area contributed by atoms with E-state index in [4.69, 9.17) is 0 Å². The number of nitrogens with zero attached hydrogens (tertiary/aromatic N) is 1. The van der Waals surface area contributed by atoms with Gasteiger partial charge in [0.15, 0.2) is 23.5 Å². The fourth-order valence-electron chi connectivity index (χ4n) is 3.97. The molecule has 1 amide bonds. The third kappa shape index (κ3) is 4.59. The van der Waals surface area contributed by atoms with E-state index in [1.54, 1.807) is 25.1 Å². The number of benzene rings is 3. The van der Waals surface area contributed by atoms with Gasteiger partial charge in [0.25, 0.3) is 5.91 Å². The smallest absolute Gasteiger partial charge is 0.282 e. The minimum absolute atomic E-state index is 0.210. The van der Waals surface area contributed by atoms with Crippen molar-refractivity contribution >= 4 is 32.4 Å². The van der Waals surface area contributed by atoms with Gasteiger partial charge >= 0.3 is 0 Å². The molecule has 33 heavy (non-hydrogen) atoms. The normalized spacial score (nSPS) is 16.6. The van der Waals surface area contributed by atoms with Crippen LogP contribution < -0.4 is 10.2 Å². The number of fused-ring (bicyclic) bond motifs is 1. The van der Waals surface area contributed by atoms with Crippen LogP contribution in [-0.2, 0) is 14.8 Å². The zero-order chi connectivity index (χ0) is 23.8. The van der Waals surface area contributed by atoms with Gasteiger partial charge in [-0.05, 0) is 42.0 Å². The van der Waals surface area contributed by atoms with Crippen molar-refractivity contribution in [3.8, 4) is 0 Å². The zero-order valence-corrected chi connectivity index (χ0v) is 18.6. The Morgan fingerprint density at radius 2 is 1.64 bits per heavy atom.